The molecule has 1 heterocycles. The van der Waals surface area contributed by atoms with Crippen LogP contribution in [0.2, 0.25) is 0 Å². The largest absolute Gasteiger partial charge is 0.389 e. The molecule has 1 aliphatic carbocycles. The lowest BCUT2D eigenvalue weighted by molar-refractivity contribution is 0.345. The lowest BCUT2D eigenvalue weighted by atomic mass is 9.81. The van der Waals surface area contributed by atoms with Crippen molar-refractivity contribution in [3.8, 4) is 0 Å². The molecule has 0 atom stereocenters. The van der Waals surface area contributed by atoms with E-state index in [1.165, 1.54) is 25.7 Å². The van der Waals surface area contributed by atoms with Crippen LogP contribution in [0.15, 0.2) is 5.51 Å². The minimum atomic E-state index is 0.641. The summed E-state index contributed by atoms with van der Waals surface area (Å²) in [5, 5.41) is 0.930. The first-order valence-corrected chi connectivity index (χ1v) is 5.84. The van der Waals surface area contributed by atoms with Crippen molar-refractivity contribution in [3.05, 3.63) is 11.2 Å². The molecular weight excluding hydrogens is 180 g/mol. The van der Waals surface area contributed by atoms with Crippen LogP contribution in [0.5, 0.6) is 0 Å². The van der Waals surface area contributed by atoms with Crippen LogP contribution in [0.4, 0.5) is 5.00 Å². The summed E-state index contributed by atoms with van der Waals surface area (Å²) in [5.74, 6) is 1.54. The molecule has 3 heteroatoms. The van der Waals surface area contributed by atoms with Gasteiger partial charge in [-0.2, -0.15) is 0 Å². The fourth-order valence-corrected chi connectivity index (χ4v) is 2.72. The molecule has 2 rings (SSSR count). The summed E-state index contributed by atoms with van der Waals surface area (Å²) >= 11 is 1.57. The van der Waals surface area contributed by atoms with Gasteiger partial charge in [-0.15, -0.1) is 11.3 Å². The third-order valence-electron chi connectivity index (χ3n) is 3.03. The fraction of sp³-hybridized carbons (Fsp3) is 0.700. The average Bonchev–Trinajstić information content (AvgIpc) is 2.53. The van der Waals surface area contributed by atoms with Gasteiger partial charge in [-0.1, -0.05) is 19.8 Å². The van der Waals surface area contributed by atoms with E-state index in [2.05, 4.69) is 11.9 Å². The Kier molecular flexibility index (Phi) is 2.54. The Labute approximate surface area is 83.2 Å². The molecule has 0 aromatic carbocycles. The molecule has 0 saturated heterocycles. The Morgan fingerprint density at radius 1 is 1.38 bits per heavy atom. The Hall–Kier alpha value is -0.570. The number of hydrogen-bond acceptors (Lipinski definition) is 3. The van der Waals surface area contributed by atoms with Crippen LogP contribution >= 0.6 is 11.3 Å². The van der Waals surface area contributed by atoms with Crippen LogP contribution in [0.3, 0.4) is 0 Å². The highest BCUT2D eigenvalue weighted by Crippen LogP contribution is 2.37. The van der Waals surface area contributed by atoms with Gasteiger partial charge in [0.2, 0.25) is 0 Å². The molecule has 0 aliphatic heterocycles. The average molecular weight is 196 g/mol. The second kappa shape index (κ2) is 3.66. The summed E-state index contributed by atoms with van der Waals surface area (Å²) in [6.45, 7) is 2.33. The molecule has 1 aromatic rings. The van der Waals surface area contributed by atoms with Crippen molar-refractivity contribution in [2.75, 3.05) is 5.73 Å². The van der Waals surface area contributed by atoms with Gasteiger partial charge >= 0.3 is 0 Å². The molecule has 0 spiro atoms. The van der Waals surface area contributed by atoms with Crippen molar-refractivity contribution in [2.45, 2.75) is 38.5 Å². The third-order valence-corrected chi connectivity index (χ3v) is 3.70. The minimum absolute atomic E-state index is 0.641. The molecule has 0 amide bonds. The number of nitrogen functional groups attached to an aromatic ring is 1. The van der Waals surface area contributed by atoms with Crippen molar-refractivity contribution in [1.82, 2.24) is 4.98 Å². The molecule has 1 fully saturated rings. The van der Waals surface area contributed by atoms with Gasteiger partial charge in [0.05, 0.1) is 11.2 Å². The lowest BCUT2D eigenvalue weighted by Gasteiger charge is -2.25. The summed E-state index contributed by atoms with van der Waals surface area (Å²) in [7, 11) is 0. The number of anilines is 1. The predicted molar refractivity (Wildman–Crippen MR) is 56.9 cm³/mol. The van der Waals surface area contributed by atoms with Crippen LogP contribution in [0.25, 0.3) is 0 Å². The van der Waals surface area contributed by atoms with Crippen LogP contribution < -0.4 is 5.73 Å². The van der Waals surface area contributed by atoms with Gasteiger partial charge in [0, 0.05) is 5.92 Å². The summed E-state index contributed by atoms with van der Waals surface area (Å²) < 4.78 is 0. The quantitative estimate of drug-likeness (QED) is 0.750. The SMILES string of the molecule is CC1CCC(c2ncsc2N)CC1. The van der Waals surface area contributed by atoms with E-state index in [0.717, 1.165) is 16.6 Å². The monoisotopic (exact) mass is 196 g/mol. The Morgan fingerprint density at radius 3 is 2.62 bits per heavy atom. The third kappa shape index (κ3) is 1.85. The Morgan fingerprint density at radius 2 is 2.08 bits per heavy atom. The van der Waals surface area contributed by atoms with E-state index in [9.17, 15) is 0 Å². The maximum Gasteiger partial charge on any atom is 0.109 e. The summed E-state index contributed by atoms with van der Waals surface area (Å²) in [4.78, 5) is 4.36. The van der Waals surface area contributed by atoms with Crippen LogP contribution in [-0.2, 0) is 0 Å². The molecule has 1 aliphatic rings. The number of aromatic nitrogens is 1. The van der Waals surface area contributed by atoms with Gasteiger partial charge in [0.25, 0.3) is 0 Å². The first kappa shape index (κ1) is 9.00. The van der Waals surface area contributed by atoms with E-state index in [0.29, 0.717) is 5.92 Å². The number of nitrogens with two attached hydrogens (primary N) is 1. The van der Waals surface area contributed by atoms with E-state index >= 15 is 0 Å². The second-order valence-electron chi connectivity index (χ2n) is 4.06. The van der Waals surface area contributed by atoms with Crippen molar-refractivity contribution >= 4 is 16.3 Å². The van der Waals surface area contributed by atoms with E-state index in [1.54, 1.807) is 11.3 Å². The van der Waals surface area contributed by atoms with Gasteiger partial charge in [-0.25, -0.2) is 4.98 Å². The van der Waals surface area contributed by atoms with Gasteiger partial charge in [-0.05, 0) is 18.8 Å². The number of hydrogen-bond donors (Lipinski definition) is 1. The highest BCUT2D eigenvalue weighted by atomic mass is 32.1. The fourth-order valence-electron chi connectivity index (χ4n) is 2.10. The molecule has 2 N–H and O–H groups in total. The zero-order valence-electron chi connectivity index (χ0n) is 7.99. The maximum absolute atomic E-state index is 5.86. The molecule has 1 saturated carbocycles. The van der Waals surface area contributed by atoms with Crippen LogP contribution in [-0.4, -0.2) is 4.98 Å². The summed E-state index contributed by atoms with van der Waals surface area (Å²) in [6.07, 6.45) is 5.22. The molecule has 13 heavy (non-hydrogen) atoms. The van der Waals surface area contributed by atoms with Crippen molar-refractivity contribution in [1.29, 1.82) is 0 Å². The number of nitrogens with zero attached hydrogens (tertiary/aromatic N) is 1. The van der Waals surface area contributed by atoms with E-state index < -0.39 is 0 Å². The van der Waals surface area contributed by atoms with E-state index in [-0.39, 0.29) is 0 Å². The normalized spacial score (nSPS) is 29.0. The zero-order valence-corrected chi connectivity index (χ0v) is 8.81. The summed E-state index contributed by atoms with van der Waals surface area (Å²) in [6, 6.07) is 0. The van der Waals surface area contributed by atoms with Gasteiger partial charge in [0.15, 0.2) is 0 Å². The molecule has 2 nitrogen and oxygen atoms in total. The standard InChI is InChI=1S/C10H16N2S/c1-7-2-4-8(5-3-7)9-10(11)13-6-12-9/h6-8H,2-5,11H2,1H3. The topological polar surface area (TPSA) is 38.9 Å². The van der Waals surface area contributed by atoms with E-state index in [4.69, 9.17) is 5.73 Å². The molecule has 72 valence electrons. The van der Waals surface area contributed by atoms with Crippen LogP contribution in [0.1, 0.15) is 44.2 Å². The van der Waals surface area contributed by atoms with E-state index in [1.807, 2.05) is 5.51 Å². The zero-order chi connectivity index (χ0) is 9.26. The van der Waals surface area contributed by atoms with Gasteiger partial charge in [-0.3, -0.25) is 0 Å². The van der Waals surface area contributed by atoms with Crippen molar-refractivity contribution < 1.29 is 0 Å². The highest BCUT2D eigenvalue weighted by Gasteiger charge is 2.22. The molecule has 0 bridgehead atoms. The Balaban J connectivity index is 2.06. The molecular formula is C10H16N2S. The predicted octanol–water partition coefficient (Wildman–Crippen LogP) is 3.02. The second-order valence-corrected chi connectivity index (χ2v) is 4.94. The van der Waals surface area contributed by atoms with Gasteiger partial charge in [0.1, 0.15) is 5.00 Å². The number of rotatable bonds is 1. The smallest absolute Gasteiger partial charge is 0.109 e. The summed E-state index contributed by atoms with van der Waals surface area (Å²) in [5.41, 5.74) is 8.89. The van der Waals surface area contributed by atoms with Gasteiger partial charge < -0.3 is 5.73 Å². The van der Waals surface area contributed by atoms with Crippen molar-refractivity contribution in [2.24, 2.45) is 5.92 Å². The molecule has 0 radical (unpaired) electrons. The first-order valence-electron chi connectivity index (χ1n) is 4.96. The maximum atomic E-state index is 5.86. The Bertz CT molecular complexity index is 274. The lowest BCUT2D eigenvalue weighted by Crippen LogP contribution is -2.12. The van der Waals surface area contributed by atoms with Crippen molar-refractivity contribution in [3.63, 3.8) is 0 Å². The molecule has 1 aromatic heterocycles. The molecule has 0 unspecified atom stereocenters. The van der Waals surface area contributed by atoms with Crippen LogP contribution in [0, 0.1) is 5.92 Å². The highest BCUT2D eigenvalue weighted by molar-refractivity contribution is 7.13. The first-order chi connectivity index (χ1) is 6.27. The number of thiazole rings is 1. The minimum Gasteiger partial charge on any atom is -0.389 e.